The lowest BCUT2D eigenvalue weighted by Gasteiger charge is -2.28. The molecule has 1 amide bonds. The molecule has 0 aromatic carbocycles. The number of hydrogen-bond donors (Lipinski definition) is 1. The molecule has 0 radical (unpaired) electrons. The van der Waals surface area contributed by atoms with Crippen molar-refractivity contribution in [3.63, 3.8) is 0 Å². The van der Waals surface area contributed by atoms with Crippen LogP contribution < -0.4 is 0 Å². The van der Waals surface area contributed by atoms with Gasteiger partial charge in [-0.3, -0.25) is 14.4 Å². The third-order valence-corrected chi connectivity index (χ3v) is 3.56. The first-order valence-corrected chi connectivity index (χ1v) is 6.46. The average molecular weight is 271 g/mol. The first-order chi connectivity index (χ1) is 8.86. The Kier molecular flexibility index (Phi) is 5.32. The first kappa shape index (κ1) is 15.5. The highest BCUT2D eigenvalue weighted by Gasteiger charge is 2.37. The van der Waals surface area contributed by atoms with E-state index in [9.17, 15) is 14.4 Å². The molecule has 1 rings (SSSR count). The second-order valence-electron chi connectivity index (χ2n) is 5.18. The van der Waals surface area contributed by atoms with Crippen molar-refractivity contribution < 1.29 is 24.2 Å². The summed E-state index contributed by atoms with van der Waals surface area (Å²) in [6.07, 6.45) is 1.45. The predicted octanol–water partition coefficient (Wildman–Crippen LogP) is 0.897. The van der Waals surface area contributed by atoms with E-state index in [1.165, 1.54) is 12.0 Å². The van der Waals surface area contributed by atoms with Gasteiger partial charge < -0.3 is 14.7 Å². The van der Waals surface area contributed by atoms with Crippen molar-refractivity contribution in [2.45, 2.75) is 39.2 Å². The fourth-order valence-corrected chi connectivity index (χ4v) is 2.38. The van der Waals surface area contributed by atoms with Gasteiger partial charge in [0.15, 0.2) is 0 Å². The van der Waals surface area contributed by atoms with Crippen LogP contribution in [0.25, 0.3) is 0 Å². The van der Waals surface area contributed by atoms with Crippen LogP contribution >= 0.6 is 0 Å². The van der Waals surface area contributed by atoms with Gasteiger partial charge in [-0.25, -0.2) is 0 Å². The first-order valence-electron chi connectivity index (χ1n) is 6.46. The topological polar surface area (TPSA) is 83.9 Å². The molecular weight excluding hydrogens is 250 g/mol. The normalized spacial score (nSPS) is 22.3. The van der Waals surface area contributed by atoms with Crippen LogP contribution in [0.5, 0.6) is 0 Å². The minimum absolute atomic E-state index is 0.0821. The number of carbonyl (C=O) groups excluding carboxylic acids is 2. The number of hydrogen-bond acceptors (Lipinski definition) is 4. The van der Waals surface area contributed by atoms with Crippen LogP contribution in [0.2, 0.25) is 0 Å². The summed E-state index contributed by atoms with van der Waals surface area (Å²) in [5, 5.41) is 8.95. The van der Waals surface area contributed by atoms with Gasteiger partial charge in [0.1, 0.15) is 6.54 Å². The number of ether oxygens (including phenoxy) is 1. The Hall–Kier alpha value is -1.59. The average Bonchev–Trinajstić information content (AvgIpc) is 2.84. The van der Waals surface area contributed by atoms with E-state index in [0.717, 1.165) is 0 Å². The summed E-state index contributed by atoms with van der Waals surface area (Å²) in [5.41, 5.74) is 0. The standard InChI is InChI=1S/C13H21NO5/c1-8(2)14(7-11(15)19-3)12(16)9-4-5-10(6-9)13(17)18/h8-10H,4-7H2,1-3H3,(H,17,18). The quantitative estimate of drug-likeness (QED) is 0.751. The second-order valence-corrected chi connectivity index (χ2v) is 5.18. The van der Waals surface area contributed by atoms with Gasteiger partial charge in [-0.05, 0) is 33.1 Å². The van der Waals surface area contributed by atoms with E-state index in [4.69, 9.17) is 5.11 Å². The lowest BCUT2D eigenvalue weighted by Crippen LogP contribution is -2.43. The zero-order chi connectivity index (χ0) is 14.6. The number of amides is 1. The second kappa shape index (κ2) is 6.54. The van der Waals surface area contributed by atoms with Gasteiger partial charge in [0.05, 0.1) is 13.0 Å². The van der Waals surface area contributed by atoms with Crippen molar-refractivity contribution in [2.24, 2.45) is 11.8 Å². The Morgan fingerprint density at radius 1 is 1.26 bits per heavy atom. The Balaban J connectivity index is 2.68. The summed E-state index contributed by atoms with van der Waals surface area (Å²) in [6, 6.07) is -0.115. The number of carboxylic acids is 1. The van der Waals surface area contributed by atoms with Crippen molar-refractivity contribution in [1.29, 1.82) is 0 Å². The monoisotopic (exact) mass is 271 g/mol. The molecule has 0 heterocycles. The van der Waals surface area contributed by atoms with Crippen molar-refractivity contribution in [3.05, 3.63) is 0 Å². The van der Waals surface area contributed by atoms with E-state index in [0.29, 0.717) is 19.3 Å². The van der Waals surface area contributed by atoms with E-state index in [1.807, 2.05) is 13.8 Å². The van der Waals surface area contributed by atoms with E-state index in [2.05, 4.69) is 4.74 Å². The lowest BCUT2D eigenvalue weighted by atomic mass is 10.0. The molecule has 0 spiro atoms. The van der Waals surface area contributed by atoms with Crippen LogP contribution in [0, 0.1) is 11.8 Å². The maximum atomic E-state index is 12.3. The molecule has 0 aromatic rings. The highest BCUT2D eigenvalue weighted by molar-refractivity contribution is 5.85. The molecule has 1 aliphatic carbocycles. The van der Waals surface area contributed by atoms with Crippen LogP contribution in [-0.4, -0.2) is 47.5 Å². The molecule has 6 nitrogen and oxygen atoms in total. The Morgan fingerprint density at radius 3 is 2.26 bits per heavy atom. The van der Waals surface area contributed by atoms with Gasteiger partial charge in [-0.15, -0.1) is 0 Å². The Morgan fingerprint density at radius 2 is 1.84 bits per heavy atom. The molecule has 0 aliphatic heterocycles. The fourth-order valence-electron chi connectivity index (χ4n) is 2.38. The van der Waals surface area contributed by atoms with Crippen molar-refractivity contribution >= 4 is 17.8 Å². The lowest BCUT2D eigenvalue weighted by molar-refractivity contribution is -0.150. The van der Waals surface area contributed by atoms with Gasteiger partial charge in [0.2, 0.25) is 5.91 Å². The molecule has 0 aromatic heterocycles. The van der Waals surface area contributed by atoms with Crippen LogP contribution in [0.15, 0.2) is 0 Å². The summed E-state index contributed by atoms with van der Waals surface area (Å²) in [5.74, 6) is -2.20. The molecule has 1 N–H and O–H groups in total. The number of methoxy groups -OCH3 is 1. The van der Waals surface area contributed by atoms with Crippen molar-refractivity contribution in [2.75, 3.05) is 13.7 Å². The molecule has 2 unspecified atom stereocenters. The molecule has 6 heteroatoms. The maximum Gasteiger partial charge on any atom is 0.325 e. The summed E-state index contributed by atoms with van der Waals surface area (Å²) in [6.45, 7) is 3.57. The highest BCUT2D eigenvalue weighted by Crippen LogP contribution is 2.32. The van der Waals surface area contributed by atoms with Crippen LogP contribution in [0.1, 0.15) is 33.1 Å². The van der Waals surface area contributed by atoms with E-state index in [-0.39, 0.29) is 24.4 Å². The maximum absolute atomic E-state index is 12.3. The minimum Gasteiger partial charge on any atom is -0.481 e. The van der Waals surface area contributed by atoms with Crippen LogP contribution in [0.4, 0.5) is 0 Å². The van der Waals surface area contributed by atoms with Gasteiger partial charge in [0, 0.05) is 12.0 Å². The number of carboxylic acid groups (broad SMARTS) is 1. The zero-order valence-corrected chi connectivity index (χ0v) is 11.6. The summed E-state index contributed by atoms with van der Waals surface area (Å²) < 4.78 is 4.58. The molecule has 1 saturated carbocycles. The third kappa shape index (κ3) is 3.94. The SMILES string of the molecule is COC(=O)CN(C(=O)C1CCC(C(=O)O)C1)C(C)C. The Bertz CT molecular complexity index is 366. The molecule has 1 aliphatic rings. The number of rotatable bonds is 5. The molecule has 2 atom stereocenters. The summed E-state index contributed by atoms with van der Waals surface area (Å²) >= 11 is 0. The van der Waals surface area contributed by atoms with Gasteiger partial charge >= 0.3 is 11.9 Å². The highest BCUT2D eigenvalue weighted by atomic mass is 16.5. The van der Waals surface area contributed by atoms with Gasteiger partial charge in [-0.2, -0.15) is 0 Å². The molecule has 108 valence electrons. The van der Waals surface area contributed by atoms with Crippen LogP contribution in [-0.2, 0) is 19.1 Å². The Labute approximate surface area is 112 Å². The fraction of sp³-hybridized carbons (Fsp3) is 0.769. The summed E-state index contributed by atoms with van der Waals surface area (Å²) in [7, 11) is 1.28. The van der Waals surface area contributed by atoms with Gasteiger partial charge in [0.25, 0.3) is 0 Å². The number of nitrogens with zero attached hydrogens (tertiary/aromatic N) is 1. The molecular formula is C13H21NO5. The molecule has 0 saturated heterocycles. The summed E-state index contributed by atoms with van der Waals surface area (Å²) in [4.78, 5) is 36.0. The van der Waals surface area contributed by atoms with Crippen molar-refractivity contribution in [1.82, 2.24) is 4.90 Å². The van der Waals surface area contributed by atoms with E-state index < -0.39 is 17.9 Å². The van der Waals surface area contributed by atoms with Crippen LogP contribution in [0.3, 0.4) is 0 Å². The zero-order valence-electron chi connectivity index (χ0n) is 11.6. The smallest absolute Gasteiger partial charge is 0.325 e. The molecule has 0 bridgehead atoms. The molecule has 1 fully saturated rings. The number of aliphatic carboxylic acids is 1. The minimum atomic E-state index is -0.848. The third-order valence-electron chi connectivity index (χ3n) is 3.56. The van der Waals surface area contributed by atoms with Crippen molar-refractivity contribution in [3.8, 4) is 0 Å². The van der Waals surface area contributed by atoms with Gasteiger partial charge in [-0.1, -0.05) is 0 Å². The van der Waals surface area contributed by atoms with E-state index >= 15 is 0 Å². The number of carbonyl (C=O) groups is 3. The van der Waals surface area contributed by atoms with E-state index in [1.54, 1.807) is 0 Å². The number of esters is 1. The molecule has 19 heavy (non-hydrogen) atoms. The predicted molar refractivity (Wildman–Crippen MR) is 67.3 cm³/mol. The largest absolute Gasteiger partial charge is 0.481 e.